The van der Waals surface area contributed by atoms with E-state index in [0.29, 0.717) is 16.7 Å². The van der Waals surface area contributed by atoms with E-state index in [0.717, 1.165) is 42.9 Å². The fraction of sp³-hybridized carbons (Fsp3) is 0.286. The van der Waals surface area contributed by atoms with Crippen LogP contribution in [0.1, 0.15) is 39.0 Å². The normalized spacial score (nSPS) is 14.2. The first-order valence-corrected chi connectivity index (χ1v) is 12.1. The number of fused-ring (bicyclic) bond motifs is 2. The molecule has 1 aliphatic carbocycles. The molecule has 7 heteroatoms. The van der Waals surface area contributed by atoms with Crippen LogP contribution in [0.5, 0.6) is 0 Å². The van der Waals surface area contributed by atoms with E-state index in [2.05, 4.69) is 10.3 Å². The van der Waals surface area contributed by atoms with E-state index in [-0.39, 0.29) is 30.2 Å². The zero-order valence-corrected chi connectivity index (χ0v) is 19.7. The van der Waals surface area contributed by atoms with Crippen LogP contribution in [-0.2, 0) is 16.1 Å². The first-order valence-electron chi connectivity index (χ1n) is 12.1. The topological polar surface area (TPSA) is 84.3 Å². The summed E-state index contributed by atoms with van der Waals surface area (Å²) in [4.78, 5) is 45.7. The maximum Gasteiger partial charge on any atom is 0.294 e. The Bertz CT molecular complexity index is 1470. The highest BCUT2D eigenvalue weighted by Gasteiger charge is 2.29. The molecule has 0 bridgehead atoms. The zero-order chi connectivity index (χ0) is 24.4. The number of hydrogen-bond donors (Lipinski definition) is 1. The van der Waals surface area contributed by atoms with E-state index in [1.165, 1.54) is 11.5 Å². The Labute approximate surface area is 203 Å². The van der Waals surface area contributed by atoms with Gasteiger partial charge in [0.2, 0.25) is 17.6 Å². The highest BCUT2D eigenvalue weighted by atomic mass is 16.2. The Morgan fingerprint density at radius 3 is 2.49 bits per heavy atom. The SMILES string of the molecule is CC(=O)N(c1nc2ccccc2n(CC(=O)Nc2cccc3ccccc23)c1=O)C1CCCCC1. The molecule has 0 saturated heterocycles. The smallest absolute Gasteiger partial charge is 0.294 e. The molecule has 1 heterocycles. The predicted octanol–water partition coefficient (Wildman–Crippen LogP) is 4.87. The predicted molar refractivity (Wildman–Crippen MR) is 139 cm³/mol. The largest absolute Gasteiger partial charge is 0.324 e. The number of para-hydroxylation sites is 2. The highest BCUT2D eigenvalue weighted by molar-refractivity contribution is 6.02. The van der Waals surface area contributed by atoms with Gasteiger partial charge in [0.15, 0.2) is 0 Å². The summed E-state index contributed by atoms with van der Waals surface area (Å²) >= 11 is 0. The van der Waals surface area contributed by atoms with Gasteiger partial charge < -0.3 is 5.32 Å². The van der Waals surface area contributed by atoms with Gasteiger partial charge in [-0.05, 0) is 36.4 Å². The van der Waals surface area contributed by atoms with Crippen LogP contribution in [0, 0.1) is 0 Å². The summed E-state index contributed by atoms with van der Waals surface area (Å²) in [6, 6.07) is 20.7. The minimum atomic E-state index is -0.433. The molecule has 1 aromatic heterocycles. The lowest BCUT2D eigenvalue weighted by Crippen LogP contribution is -2.45. The molecule has 1 fully saturated rings. The molecule has 1 saturated carbocycles. The Hall–Kier alpha value is -4.00. The Kier molecular flexibility index (Phi) is 6.31. The van der Waals surface area contributed by atoms with E-state index in [1.807, 2.05) is 54.6 Å². The molecular weight excluding hydrogens is 440 g/mol. The van der Waals surface area contributed by atoms with E-state index in [9.17, 15) is 14.4 Å². The number of carbonyl (C=O) groups excluding carboxylic acids is 2. The van der Waals surface area contributed by atoms with Crippen LogP contribution in [0.25, 0.3) is 21.8 Å². The summed E-state index contributed by atoms with van der Waals surface area (Å²) in [5.41, 5.74) is 1.38. The number of amides is 2. The van der Waals surface area contributed by atoms with Crippen molar-refractivity contribution in [1.82, 2.24) is 9.55 Å². The second kappa shape index (κ2) is 9.70. The van der Waals surface area contributed by atoms with Crippen LogP contribution in [0.3, 0.4) is 0 Å². The van der Waals surface area contributed by atoms with E-state index in [1.54, 1.807) is 17.0 Å². The number of aromatic nitrogens is 2. The molecular formula is C28H28N4O3. The van der Waals surface area contributed by atoms with Gasteiger partial charge in [0.05, 0.1) is 11.0 Å². The van der Waals surface area contributed by atoms with Gasteiger partial charge in [0, 0.05) is 24.0 Å². The minimum Gasteiger partial charge on any atom is -0.324 e. The Morgan fingerprint density at radius 2 is 1.69 bits per heavy atom. The lowest BCUT2D eigenvalue weighted by molar-refractivity contribution is -0.117. The molecule has 1 N–H and O–H groups in total. The van der Waals surface area contributed by atoms with Crippen LogP contribution >= 0.6 is 0 Å². The van der Waals surface area contributed by atoms with Crippen LogP contribution in [0.15, 0.2) is 71.5 Å². The van der Waals surface area contributed by atoms with Crippen molar-refractivity contribution in [3.05, 3.63) is 77.1 Å². The van der Waals surface area contributed by atoms with Crippen molar-refractivity contribution in [3.8, 4) is 0 Å². The number of nitrogens with zero attached hydrogens (tertiary/aromatic N) is 3. The number of rotatable bonds is 5. The van der Waals surface area contributed by atoms with Gasteiger partial charge in [-0.1, -0.05) is 67.8 Å². The van der Waals surface area contributed by atoms with Crippen LogP contribution in [0.2, 0.25) is 0 Å². The van der Waals surface area contributed by atoms with Crippen LogP contribution < -0.4 is 15.8 Å². The lowest BCUT2D eigenvalue weighted by Gasteiger charge is -2.32. The van der Waals surface area contributed by atoms with Crippen LogP contribution in [-0.4, -0.2) is 27.4 Å². The summed E-state index contributed by atoms with van der Waals surface area (Å²) in [5.74, 6) is -0.428. The van der Waals surface area contributed by atoms with E-state index >= 15 is 0 Å². The van der Waals surface area contributed by atoms with Gasteiger partial charge in [-0.15, -0.1) is 0 Å². The van der Waals surface area contributed by atoms with Gasteiger partial charge in [0.25, 0.3) is 5.56 Å². The van der Waals surface area contributed by atoms with Crippen LogP contribution in [0.4, 0.5) is 11.5 Å². The van der Waals surface area contributed by atoms with Crippen molar-refractivity contribution in [2.75, 3.05) is 10.2 Å². The maximum absolute atomic E-state index is 13.7. The standard InChI is InChI=1S/C28H28N4O3/c1-19(33)32(21-12-3-2-4-13-21)27-28(35)31(25-17-8-7-15-24(25)30-27)18-26(34)29-23-16-9-11-20-10-5-6-14-22(20)23/h5-11,14-17,21H,2-4,12-13,18H2,1H3,(H,29,34). The summed E-state index contributed by atoms with van der Waals surface area (Å²) < 4.78 is 1.43. The number of anilines is 2. The Balaban J connectivity index is 1.54. The molecule has 0 atom stereocenters. The molecule has 178 valence electrons. The van der Waals surface area contributed by atoms with E-state index < -0.39 is 5.56 Å². The van der Waals surface area contributed by atoms with Crippen molar-refractivity contribution in [1.29, 1.82) is 0 Å². The molecule has 0 aliphatic heterocycles. The van der Waals surface area contributed by atoms with Gasteiger partial charge >= 0.3 is 0 Å². The number of carbonyl (C=O) groups is 2. The molecule has 5 rings (SSSR count). The maximum atomic E-state index is 13.7. The zero-order valence-electron chi connectivity index (χ0n) is 19.7. The van der Waals surface area contributed by atoms with Crippen molar-refractivity contribution in [2.45, 2.75) is 51.6 Å². The first kappa shape index (κ1) is 22.8. The van der Waals surface area contributed by atoms with Crippen molar-refractivity contribution < 1.29 is 9.59 Å². The quantitative estimate of drug-likeness (QED) is 0.453. The van der Waals surface area contributed by atoms with E-state index in [4.69, 9.17) is 0 Å². The second-order valence-electron chi connectivity index (χ2n) is 9.07. The van der Waals surface area contributed by atoms with Crippen molar-refractivity contribution in [2.24, 2.45) is 0 Å². The molecule has 3 aromatic carbocycles. The third-order valence-corrected chi connectivity index (χ3v) is 6.71. The molecule has 2 amide bonds. The van der Waals surface area contributed by atoms with Gasteiger partial charge in [-0.3, -0.25) is 23.9 Å². The van der Waals surface area contributed by atoms with Gasteiger partial charge in [-0.2, -0.15) is 0 Å². The minimum absolute atomic E-state index is 0.0550. The van der Waals surface area contributed by atoms with Crippen molar-refractivity contribution >= 4 is 45.1 Å². The molecule has 0 spiro atoms. The molecule has 7 nitrogen and oxygen atoms in total. The highest BCUT2D eigenvalue weighted by Crippen LogP contribution is 2.27. The molecule has 4 aromatic rings. The van der Waals surface area contributed by atoms with Gasteiger partial charge in [-0.25, -0.2) is 4.98 Å². The molecule has 0 radical (unpaired) electrons. The average Bonchev–Trinajstić information content (AvgIpc) is 2.87. The monoisotopic (exact) mass is 468 g/mol. The lowest BCUT2D eigenvalue weighted by atomic mass is 9.94. The van der Waals surface area contributed by atoms with Gasteiger partial charge in [0.1, 0.15) is 6.54 Å². The number of nitrogens with one attached hydrogen (secondary N) is 1. The molecule has 35 heavy (non-hydrogen) atoms. The summed E-state index contributed by atoms with van der Waals surface area (Å²) in [6.45, 7) is 1.29. The average molecular weight is 469 g/mol. The van der Waals surface area contributed by atoms with Crippen molar-refractivity contribution in [3.63, 3.8) is 0 Å². The number of benzene rings is 3. The fourth-order valence-corrected chi connectivity index (χ4v) is 5.08. The molecule has 0 unspecified atom stereocenters. The second-order valence-corrected chi connectivity index (χ2v) is 9.07. The third kappa shape index (κ3) is 4.54. The third-order valence-electron chi connectivity index (χ3n) is 6.71. The fourth-order valence-electron chi connectivity index (χ4n) is 5.08. The summed E-state index contributed by atoms with van der Waals surface area (Å²) in [5, 5.41) is 4.90. The molecule has 1 aliphatic rings. The summed E-state index contributed by atoms with van der Waals surface area (Å²) in [7, 11) is 0. The number of hydrogen-bond acceptors (Lipinski definition) is 4. The first-order chi connectivity index (χ1) is 17.0. The summed E-state index contributed by atoms with van der Waals surface area (Å²) in [6.07, 6.45) is 4.85. The Morgan fingerprint density at radius 1 is 0.971 bits per heavy atom.